The summed E-state index contributed by atoms with van der Waals surface area (Å²) >= 11 is 1.54. The van der Waals surface area contributed by atoms with Crippen molar-refractivity contribution in [3.63, 3.8) is 0 Å². The van der Waals surface area contributed by atoms with Crippen LogP contribution >= 0.6 is 11.3 Å². The molecule has 1 aliphatic heterocycles. The maximum atomic E-state index is 12.1. The Morgan fingerprint density at radius 2 is 2.17 bits per heavy atom. The Morgan fingerprint density at radius 3 is 2.83 bits per heavy atom. The number of thiophene rings is 1. The molecule has 0 unspecified atom stereocenters. The largest absolute Gasteiger partial charge is 0.326 e. The van der Waals surface area contributed by atoms with Gasteiger partial charge in [-0.3, -0.25) is 9.10 Å². The Bertz CT molecular complexity index is 814. The zero-order valence-corrected chi connectivity index (χ0v) is 14.4. The average molecular weight is 350 g/mol. The number of benzene rings is 1. The zero-order chi connectivity index (χ0) is 16.4. The molecule has 0 radical (unpaired) electrons. The van der Waals surface area contributed by atoms with Gasteiger partial charge in [-0.15, -0.1) is 11.3 Å². The van der Waals surface area contributed by atoms with Crippen molar-refractivity contribution in [1.29, 1.82) is 0 Å². The Hall–Kier alpha value is -1.86. The van der Waals surface area contributed by atoms with Gasteiger partial charge in [-0.25, -0.2) is 8.42 Å². The summed E-state index contributed by atoms with van der Waals surface area (Å²) in [6, 6.07) is 9.21. The van der Waals surface area contributed by atoms with E-state index in [9.17, 15) is 13.2 Å². The minimum atomic E-state index is -3.23. The number of rotatable bonds is 4. The fourth-order valence-electron chi connectivity index (χ4n) is 2.64. The third-order valence-electron chi connectivity index (χ3n) is 3.78. The molecule has 3 rings (SSSR count). The lowest BCUT2D eigenvalue weighted by Gasteiger charge is -2.20. The van der Waals surface area contributed by atoms with Gasteiger partial charge in [0.15, 0.2) is 0 Å². The van der Waals surface area contributed by atoms with Gasteiger partial charge in [-0.1, -0.05) is 12.1 Å². The van der Waals surface area contributed by atoms with Gasteiger partial charge in [0, 0.05) is 17.1 Å². The molecule has 5 nitrogen and oxygen atoms in total. The molecule has 0 aliphatic carbocycles. The van der Waals surface area contributed by atoms with Crippen LogP contribution < -0.4 is 9.62 Å². The van der Waals surface area contributed by atoms with Crippen molar-refractivity contribution in [2.75, 3.05) is 21.9 Å². The first-order valence-corrected chi connectivity index (χ1v) is 9.88. The van der Waals surface area contributed by atoms with Crippen molar-refractivity contribution in [3.8, 4) is 0 Å². The lowest BCUT2D eigenvalue weighted by Crippen LogP contribution is -2.26. The third-order valence-corrected chi connectivity index (χ3v) is 6.51. The van der Waals surface area contributed by atoms with Crippen LogP contribution in [0.25, 0.3) is 0 Å². The molecule has 1 saturated heterocycles. The summed E-state index contributed by atoms with van der Waals surface area (Å²) in [6.45, 7) is 2.37. The van der Waals surface area contributed by atoms with Crippen molar-refractivity contribution >= 4 is 38.6 Å². The Kier molecular flexibility index (Phi) is 4.41. The van der Waals surface area contributed by atoms with Crippen molar-refractivity contribution in [2.24, 2.45) is 0 Å². The molecular weight excluding hydrogens is 332 g/mol. The first kappa shape index (κ1) is 16.0. The summed E-state index contributed by atoms with van der Waals surface area (Å²) in [5.74, 6) is 0.0769. The molecule has 1 N–H and O–H groups in total. The van der Waals surface area contributed by atoms with Gasteiger partial charge in [0.25, 0.3) is 0 Å². The number of hydrogen-bond acceptors (Lipinski definition) is 4. The number of carbonyl (C=O) groups is 1. The first-order valence-electron chi connectivity index (χ1n) is 7.39. The molecular formula is C16H18N2O3S2. The second kappa shape index (κ2) is 6.33. The van der Waals surface area contributed by atoms with Crippen LogP contribution in [0.1, 0.15) is 16.9 Å². The molecule has 0 saturated carbocycles. The van der Waals surface area contributed by atoms with Gasteiger partial charge in [-0.2, -0.15) is 0 Å². The van der Waals surface area contributed by atoms with E-state index in [0.29, 0.717) is 30.8 Å². The van der Waals surface area contributed by atoms with Crippen LogP contribution in [-0.2, 0) is 21.2 Å². The van der Waals surface area contributed by atoms with E-state index in [0.717, 1.165) is 10.4 Å². The van der Waals surface area contributed by atoms with Crippen LogP contribution in [0.5, 0.6) is 0 Å². The summed E-state index contributed by atoms with van der Waals surface area (Å²) in [4.78, 5) is 13.1. The van der Waals surface area contributed by atoms with Crippen LogP contribution in [0.15, 0.2) is 35.7 Å². The lowest BCUT2D eigenvalue weighted by molar-refractivity contribution is -0.115. The smallest absolute Gasteiger partial charge is 0.235 e. The number of nitrogens with zero attached hydrogens (tertiary/aromatic N) is 1. The highest BCUT2D eigenvalue weighted by Crippen LogP contribution is 2.30. The Morgan fingerprint density at radius 1 is 1.35 bits per heavy atom. The van der Waals surface area contributed by atoms with Crippen LogP contribution in [0, 0.1) is 6.92 Å². The summed E-state index contributed by atoms with van der Waals surface area (Å²) in [6.07, 6.45) is 0.958. The molecule has 2 aromatic rings. The van der Waals surface area contributed by atoms with Crippen molar-refractivity contribution in [2.45, 2.75) is 19.8 Å². The van der Waals surface area contributed by atoms with Crippen molar-refractivity contribution in [3.05, 3.63) is 46.2 Å². The normalized spacial score (nSPS) is 16.5. The van der Waals surface area contributed by atoms with E-state index in [-0.39, 0.29) is 11.7 Å². The van der Waals surface area contributed by atoms with Gasteiger partial charge in [0.1, 0.15) is 0 Å². The molecule has 1 fully saturated rings. The molecule has 1 aliphatic rings. The molecule has 122 valence electrons. The second-order valence-electron chi connectivity index (χ2n) is 5.55. The minimum absolute atomic E-state index is 0.105. The van der Waals surface area contributed by atoms with Crippen LogP contribution in [0.2, 0.25) is 0 Å². The van der Waals surface area contributed by atoms with Crippen LogP contribution in [-0.4, -0.2) is 26.6 Å². The average Bonchev–Trinajstić information content (AvgIpc) is 3.10. The quantitative estimate of drug-likeness (QED) is 0.922. The molecule has 0 atom stereocenters. The number of amides is 1. The fourth-order valence-corrected chi connectivity index (χ4v) is 4.96. The fraction of sp³-hybridized carbons (Fsp3) is 0.312. The Balaban J connectivity index is 1.79. The van der Waals surface area contributed by atoms with Crippen molar-refractivity contribution in [1.82, 2.24) is 0 Å². The molecule has 1 aromatic carbocycles. The molecule has 23 heavy (non-hydrogen) atoms. The van der Waals surface area contributed by atoms with Gasteiger partial charge in [0.2, 0.25) is 15.9 Å². The summed E-state index contributed by atoms with van der Waals surface area (Å²) in [7, 11) is -3.23. The van der Waals surface area contributed by atoms with Gasteiger partial charge in [0.05, 0.1) is 17.9 Å². The van der Waals surface area contributed by atoms with E-state index >= 15 is 0 Å². The Labute approximate surface area is 140 Å². The highest BCUT2D eigenvalue weighted by atomic mass is 32.2. The first-order chi connectivity index (χ1) is 11.0. The van der Waals surface area contributed by atoms with Gasteiger partial charge >= 0.3 is 0 Å². The number of anilines is 2. The van der Waals surface area contributed by atoms with E-state index in [1.807, 2.05) is 30.5 Å². The number of hydrogen-bond donors (Lipinski definition) is 1. The van der Waals surface area contributed by atoms with Crippen molar-refractivity contribution < 1.29 is 13.2 Å². The van der Waals surface area contributed by atoms with E-state index in [1.165, 1.54) is 15.6 Å². The number of sulfonamides is 1. The maximum Gasteiger partial charge on any atom is 0.235 e. The molecule has 0 spiro atoms. The monoisotopic (exact) mass is 350 g/mol. The maximum absolute atomic E-state index is 12.1. The molecule has 0 bridgehead atoms. The highest BCUT2D eigenvalue weighted by molar-refractivity contribution is 7.93. The van der Waals surface area contributed by atoms with E-state index < -0.39 is 10.0 Å². The van der Waals surface area contributed by atoms with Gasteiger partial charge < -0.3 is 5.32 Å². The predicted octanol–water partition coefficient (Wildman–Crippen LogP) is 2.78. The van der Waals surface area contributed by atoms with Crippen LogP contribution in [0.3, 0.4) is 0 Å². The molecule has 2 heterocycles. The van der Waals surface area contributed by atoms with E-state index in [1.54, 1.807) is 12.1 Å². The molecule has 1 aromatic heterocycles. The summed E-state index contributed by atoms with van der Waals surface area (Å²) in [5.41, 5.74) is 2.15. The molecule has 7 heteroatoms. The highest BCUT2D eigenvalue weighted by Gasteiger charge is 2.29. The van der Waals surface area contributed by atoms with Gasteiger partial charge in [-0.05, 0) is 42.5 Å². The summed E-state index contributed by atoms with van der Waals surface area (Å²) < 4.78 is 25.6. The lowest BCUT2D eigenvalue weighted by atomic mass is 10.1. The zero-order valence-electron chi connectivity index (χ0n) is 12.8. The van der Waals surface area contributed by atoms with Crippen LogP contribution in [0.4, 0.5) is 11.4 Å². The van der Waals surface area contributed by atoms with E-state index in [4.69, 9.17) is 0 Å². The number of aryl methyl sites for hydroxylation is 1. The van der Waals surface area contributed by atoms with E-state index in [2.05, 4.69) is 5.32 Å². The SMILES string of the molecule is Cc1ccc(NC(=O)Cc2cccs2)cc1N1CCCS1(=O)=O. The topological polar surface area (TPSA) is 66.5 Å². The number of carbonyl (C=O) groups excluding carboxylic acids is 1. The summed E-state index contributed by atoms with van der Waals surface area (Å²) in [5, 5.41) is 4.78. The predicted molar refractivity (Wildman–Crippen MR) is 93.6 cm³/mol. The standard InChI is InChI=1S/C16H18N2O3S2/c1-12-5-6-13(17-16(19)11-14-4-2-8-22-14)10-15(12)18-7-3-9-23(18,20)21/h2,4-6,8,10H,3,7,9,11H2,1H3,(H,17,19). The third kappa shape index (κ3) is 3.56. The minimum Gasteiger partial charge on any atom is -0.326 e. The second-order valence-corrected chi connectivity index (χ2v) is 8.59. The number of nitrogens with one attached hydrogen (secondary N) is 1. The molecule has 1 amide bonds.